The molecule has 0 radical (unpaired) electrons. The molecule has 0 aliphatic carbocycles. The Bertz CT molecular complexity index is 887. The summed E-state index contributed by atoms with van der Waals surface area (Å²) >= 11 is 4.90. The third-order valence-corrected chi connectivity index (χ3v) is 5.41. The van der Waals surface area contributed by atoms with E-state index in [-0.39, 0.29) is 5.91 Å². The predicted octanol–water partition coefficient (Wildman–Crippen LogP) is 5.47. The number of carbonyl (C=O) groups excluding carboxylic acids is 1. The van der Waals surface area contributed by atoms with E-state index < -0.39 is 0 Å². The van der Waals surface area contributed by atoms with E-state index in [0.717, 1.165) is 32.0 Å². The van der Waals surface area contributed by atoms with Crippen LogP contribution in [-0.2, 0) is 0 Å². The molecule has 0 unspecified atom stereocenters. The summed E-state index contributed by atoms with van der Waals surface area (Å²) in [5.41, 5.74) is 3.77. The molecular formula is C19H17BrN2OS. The molecule has 24 heavy (non-hydrogen) atoms. The molecule has 1 heterocycles. The number of hydrogen-bond acceptors (Lipinski definition) is 3. The highest BCUT2D eigenvalue weighted by Crippen LogP contribution is 2.32. The summed E-state index contributed by atoms with van der Waals surface area (Å²) in [7, 11) is 1.81. The van der Waals surface area contributed by atoms with Crippen LogP contribution in [0.1, 0.15) is 20.4 Å². The van der Waals surface area contributed by atoms with E-state index in [4.69, 9.17) is 0 Å². The molecule has 3 aromatic rings. The van der Waals surface area contributed by atoms with E-state index in [1.165, 1.54) is 11.3 Å². The Morgan fingerprint density at radius 3 is 2.38 bits per heavy atom. The van der Waals surface area contributed by atoms with Gasteiger partial charge in [-0.3, -0.25) is 4.79 Å². The summed E-state index contributed by atoms with van der Waals surface area (Å²) in [5, 5.41) is 0.908. The first-order valence-electron chi connectivity index (χ1n) is 7.54. The third-order valence-electron chi connectivity index (χ3n) is 3.82. The maximum atomic E-state index is 12.9. The minimum absolute atomic E-state index is 0.0253. The highest BCUT2D eigenvalue weighted by atomic mass is 79.9. The van der Waals surface area contributed by atoms with E-state index in [0.29, 0.717) is 4.88 Å². The van der Waals surface area contributed by atoms with Crippen LogP contribution >= 0.6 is 27.3 Å². The van der Waals surface area contributed by atoms with Gasteiger partial charge in [0.05, 0.1) is 16.4 Å². The zero-order valence-corrected chi connectivity index (χ0v) is 16.1. The normalized spacial score (nSPS) is 10.7. The van der Waals surface area contributed by atoms with Crippen molar-refractivity contribution >= 4 is 38.9 Å². The Morgan fingerprint density at radius 2 is 1.75 bits per heavy atom. The number of aryl methyl sites for hydroxylation is 2. The first kappa shape index (κ1) is 16.9. The van der Waals surface area contributed by atoms with Crippen molar-refractivity contribution in [1.29, 1.82) is 0 Å². The number of para-hydroxylation sites is 1. The molecule has 1 amide bonds. The average molecular weight is 401 g/mol. The fourth-order valence-electron chi connectivity index (χ4n) is 2.63. The summed E-state index contributed by atoms with van der Waals surface area (Å²) in [5.74, 6) is -0.0253. The van der Waals surface area contributed by atoms with Crippen LogP contribution in [0, 0.1) is 13.8 Å². The van der Waals surface area contributed by atoms with Gasteiger partial charge in [0.25, 0.3) is 5.91 Å². The first-order chi connectivity index (χ1) is 11.5. The Kier molecular flexibility index (Phi) is 4.83. The predicted molar refractivity (Wildman–Crippen MR) is 104 cm³/mol. The molecule has 0 fully saturated rings. The topological polar surface area (TPSA) is 33.2 Å². The van der Waals surface area contributed by atoms with Crippen molar-refractivity contribution in [3.8, 4) is 11.1 Å². The minimum Gasteiger partial charge on any atom is -0.310 e. The fraction of sp³-hybridized carbons (Fsp3) is 0.158. The van der Waals surface area contributed by atoms with Gasteiger partial charge in [-0.1, -0.05) is 46.3 Å². The highest BCUT2D eigenvalue weighted by Gasteiger charge is 2.21. The Balaban J connectivity index is 2.01. The molecule has 0 saturated heterocycles. The summed E-state index contributed by atoms with van der Waals surface area (Å²) in [6.07, 6.45) is 0. The van der Waals surface area contributed by atoms with Crippen LogP contribution in [0.25, 0.3) is 11.1 Å². The molecule has 0 aliphatic heterocycles. The largest absolute Gasteiger partial charge is 0.310 e. The quantitative estimate of drug-likeness (QED) is 0.584. The van der Waals surface area contributed by atoms with Gasteiger partial charge >= 0.3 is 0 Å². The Labute approximate surface area is 154 Å². The molecule has 2 aromatic carbocycles. The van der Waals surface area contributed by atoms with Gasteiger partial charge in [0.2, 0.25) is 0 Å². The molecular weight excluding hydrogens is 384 g/mol. The number of hydrogen-bond donors (Lipinski definition) is 0. The third kappa shape index (κ3) is 3.28. The second-order valence-corrected chi connectivity index (χ2v) is 7.65. The van der Waals surface area contributed by atoms with Gasteiger partial charge in [-0.15, -0.1) is 11.3 Å². The number of thiazole rings is 1. The van der Waals surface area contributed by atoms with Crippen molar-refractivity contribution < 1.29 is 4.79 Å². The highest BCUT2D eigenvalue weighted by molar-refractivity contribution is 9.10. The molecule has 0 atom stereocenters. The van der Waals surface area contributed by atoms with Gasteiger partial charge in [0, 0.05) is 17.1 Å². The number of aromatic nitrogens is 1. The van der Waals surface area contributed by atoms with Crippen LogP contribution in [0.15, 0.2) is 53.0 Å². The van der Waals surface area contributed by atoms with E-state index in [2.05, 4.69) is 20.9 Å². The lowest BCUT2D eigenvalue weighted by atomic mass is 10.0. The molecule has 0 spiro atoms. The number of benzene rings is 2. The molecule has 3 nitrogen and oxygen atoms in total. The molecule has 0 bridgehead atoms. The van der Waals surface area contributed by atoms with Crippen molar-refractivity contribution in [2.24, 2.45) is 0 Å². The standard InChI is InChI=1S/C19H17BrN2OS/c1-12-18(24-13(2)21-12)19(23)22(3)17-7-5-4-6-16(17)14-8-10-15(20)11-9-14/h4-11H,1-3H3. The second kappa shape index (κ2) is 6.87. The molecule has 122 valence electrons. The van der Waals surface area contributed by atoms with Crippen LogP contribution in [0.2, 0.25) is 0 Å². The van der Waals surface area contributed by atoms with Crippen molar-refractivity contribution in [1.82, 2.24) is 4.98 Å². The van der Waals surface area contributed by atoms with E-state index in [1.54, 1.807) is 4.90 Å². The molecule has 5 heteroatoms. The molecule has 1 aromatic heterocycles. The zero-order chi connectivity index (χ0) is 17.3. The smallest absolute Gasteiger partial charge is 0.270 e. The van der Waals surface area contributed by atoms with E-state index >= 15 is 0 Å². The van der Waals surface area contributed by atoms with Crippen molar-refractivity contribution in [3.63, 3.8) is 0 Å². The Hall–Kier alpha value is -1.98. The van der Waals surface area contributed by atoms with Crippen molar-refractivity contribution in [2.45, 2.75) is 13.8 Å². The van der Waals surface area contributed by atoms with Crippen molar-refractivity contribution in [3.05, 3.63) is 68.6 Å². The average Bonchev–Trinajstić information content (AvgIpc) is 2.92. The van der Waals surface area contributed by atoms with Crippen LogP contribution in [0.3, 0.4) is 0 Å². The van der Waals surface area contributed by atoms with Gasteiger partial charge in [-0.05, 0) is 37.6 Å². The number of halogens is 1. The zero-order valence-electron chi connectivity index (χ0n) is 13.7. The summed E-state index contributed by atoms with van der Waals surface area (Å²) < 4.78 is 1.03. The summed E-state index contributed by atoms with van der Waals surface area (Å²) in [6.45, 7) is 3.80. The van der Waals surface area contributed by atoms with Crippen LogP contribution in [0.5, 0.6) is 0 Å². The van der Waals surface area contributed by atoms with Gasteiger partial charge in [-0.2, -0.15) is 0 Å². The van der Waals surface area contributed by atoms with E-state index in [1.807, 2.05) is 69.4 Å². The minimum atomic E-state index is -0.0253. The number of rotatable bonds is 3. The molecule has 0 saturated carbocycles. The molecule has 3 rings (SSSR count). The second-order valence-electron chi connectivity index (χ2n) is 5.54. The first-order valence-corrected chi connectivity index (χ1v) is 9.15. The van der Waals surface area contributed by atoms with Gasteiger partial charge < -0.3 is 4.90 Å². The lowest BCUT2D eigenvalue weighted by Gasteiger charge is -2.20. The SMILES string of the molecule is Cc1nc(C)c(C(=O)N(C)c2ccccc2-c2ccc(Br)cc2)s1. The van der Waals surface area contributed by atoms with Gasteiger partial charge in [0.15, 0.2) is 0 Å². The van der Waals surface area contributed by atoms with Crippen LogP contribution in [0.4, 0.5) is 5.69 Å². The number of anilines is 1. The van der Waals surface area contributed by atoms with Gasteiger partial charge in [-0.25, -0.2) is 4.98 Å². The summed E-state index contributed by atoms with van der Waals surface area (Å²) in [6, 6.07) is 16.0. The Morgan fingerprint density at radius 1 is 1.08 bits per heavy atom. The van der Waals surface area contributed by atoms with Crippen LogP contribution < -0.4 is 4.90 Å². The van der Waals surface area contributed by atoms with Crippen molar-refractivity contribution in [2.75, 3.05) is 11.9 Å². The van der Waals surface area contributed by atoms with E-state index in [9.17, 15) is 4.79 Å². The maximum absolute atomic E-state index is 12.9. The number of amides is 1. The lowest BCUT2D eigenvalue weighted by molar-refractivity contribution is 0.0996. The lowest BCUT2D eigenvalue weighted by Crippen LogP contribution is -2.26. The fourth-order valence-corrected chi connectivity index (χ4v) is 3.79. The van der Waals surface area contributed by atoms with Crippen LogP contribution in [-0.4, -0.2) is 17.9 Å². The monoisotopic (exact) mass is 400 g/mol. The number of nitrogens with zero attached hydrogens (tertiary/aromatic N) is 2. The molecule has 0 aliphatic rings. The summed E-state index contributed by atoms with van der Waals surface area (Å²) in [4.78, 5) is 19.7. The maximum Gasteiger partial charge on any atom is 0.270 e. The number of carbonyl (C=O) groups is 1. The van der Waals surface area contributed by atoms with Gasteiger partial charge in [0.1, 0.15) is 4.88 Å². The molecule has 0 N–H and O–H groups in total.